The fourth-order valence-electron chi connectivity index (χ4n) is 1.20. The van der Waals surface area contributed by atoms with Crippen LogP contribution in [0.4, 0.5) is 0 Å². The summed E-state index contributed by atoms with van der Waals surface area (Å²) < 4.78 is 16.1. The van der Waals surface area contributed by atoms with Gasteiger partial charge in [0.15, 0.2) is 0 Å². The Morgan fingerprint density at radius 3 is 2.75 bits per heavy atom. The van der Waals surface area contributed by atoms with Crippen molar-refractivity contribution in [3.05, 3.63) is 23.7 Å². The second-order valence-electron chi connectivity index (χ2n) is 4.39. The Balaban J connectivity index is 2.20. The van der Waals surface area contributed by atoms with E-state index in [-0.39, 0.29) is 5.60 Å². The van der Waals surface area contributed by atoms with Gasteiger partial charge in [-0.25, -0.2) is 0 Å². The molecule has 0 radical (unpaired) electrons. The second kappa shape index (κ2) is 6.03. The van der Waals surface area contributed by atoms with Crippen LogP contribution in [0.3, 0.4) is 0 Å². The Hall–Kier alpha value is -0.840. The van der Waals surface area contributed by atoms with Gasteiger partial charge >= 0.3 is 0 Å². The van der Waals surface area contributed by atoms with E-state index < -0.39 is 0 Å². The van der Waals surface area contributed by atoms with E-state index in [1.165, 1.54) is 0 Å². The Morgan fingerprint density at radius 2 is 2.19 bits per heavy atom. The van der Waals surface area contributed by atoms with Crippen LogP contribution in [-0.2, 0) is 22.6 Å². The van der Waals surface area contributed by atoms with Gasteiger partial charge < -0.3 is 19.6 Å². The SMILES string of the molecule is COC(C)(C)CCOCc1cc(CN)co1. The highest BCUT2D eigenvalue weighted by molar-refractivity contribution is 5.11. The highest BCUT2D eigenvalue weighted by Gasteiger charge is 2.15. The molecule has 0 aliphatic heterocycles. The van der Waals surface area contributed by atoms with Gasteiger partial charge in [0.05, 0.1) is 11.9 Å². The molecule has 0 saturated carbocycles. The van der Waals surface area contributed by atoms with E-state index >= 15 is 0 Å². The molecule has 2 N–H and O–H groups in total. The summed E-state index contributed by atoms with van der Waals surface area (Å²) in [5.41, 5.74) is 6.34. The number of hydrogen-bond donors (Lipinski definition) is 1. The van der Waals surface area contributed by atoms with E-state index in [1.54, 1.807) is 13.4 Å². The molecule has 0 aliphatic rings. The molecule has 0 atom stereocenters. The van der Waals surface area contributed by atoms with Crippen molar-refractivity contribution in [1.29, 1.82) is 0 Å². The molecule has 1 aromatic heterocycles. The Labute approximate surface area is 96.7 Å². The van der Waals surface area contributed by atoms with Crippen LogP contribution in [0.5, 0.6) is 0 Å². The van der Waals surface area contributed by atoms with E-state index in [0.717, 1.165) is 17.7 Å². The van der Waals surface area contributed by atoms with Crippen molar-refractivity contribution >= 4 is 0 Å². The minimum absolute atomic E-state index is 0.133. The summed E-state index contributed by atoms with van der Waals surface area (Å²) >= 11 is 0. The van der Waals surface area contributed by atoms with Gasteiger partial charge in [0.25, 0.3) is 0 Å². The summed E-state index contributed by atoms with van der Waals surface area (Å²) in [6.45, 7) is 5.71. The van der Waals surface area contributed by atoms with Crippen LogP contribution in [0.15, 0.2) is 16.7 Å². The number of furan rings is 1. The monoisotopic (exact) mass is 227 g/mol. The van der Waals surface area contributed by atoms with Gasteiger partial charge in [-0.15, -0.1) is 0 Å². The number of nitrogens with two attached hydrogens (primary N) is 1. The average Bonchev–Trinajstić information content (AvgIpc) is 2.72. The first-order valence-electron chi connectivity index (χ1n) is 5.46. The quantitative estimate of drug-likeness (QED) is 0.724. The minimum Gasteiger partial charge on any atom is -0.467 e. The van der Waals surface area contributed by atoms with Crippen LogP contribution in [0.1, 0.15) is 31.6 Å². The maximum Gasteiger partial charge on any atom is 0.129 e. The third kappa shape index (κ3) is 4.35. The predicted molar refractivity (Wildman–Crippen MR) is 62.0 cm³/mol. The molecule has 1 heterocycles. The van der Waals surface area contributed by atoms with Gasteiger partial charge in [-0.3, -0.25) is 0 Å². The summed E-state index contributed by atoms with van der Waals surface area (Å²) in [6.07, 6.45) is 2.52. The summed E-state index contributed by atoms with van der Waals surface area (Å²) in [5.74, 6) is 0.815. The van der Waals surface area contributed by atoms with Crippen LogP contribution in [0, 0.1) is 0 Å². The van der Waals surface area contributed by atoms with Gasteiger partial charge in [0.1, 0.15) is 12.4 Å². The van der Waals surface area contributed by atoms with Crippen molar-refractivity contribution in [2.45, 2.75) is 39.0 Å². The van der Waals surface area contributed by atoms with Crippen molar-refractivity contribution in [3.8, 4) is 0 Å². The lowest BCUT2D eigenvalue weighted by Crippen LogP contribution is -2.24. The molecule has 0 unspecified atom stereocenters. The second-order valence-corrected chi connectivity index (χ2v) is 4.39. The molecule has 1 aromatic rings. The van der Waals surface area contributed by atoms with E-state index in [2.05, 4.69) is 0 Å². The lowest BCUT2D eigenvalue weighted by atomic mass is 10.1. The molecule has 16 heavy (non-hydrogen) atoms. The zero-order valence-electron chi connectivity index (χ0n) is 10.3. The molecule has 0 fully saturated rings. The fourth-order valence-corrected chi connectivity index (χ4v) is 1.20. The third-order valence-corrected chi connectivity index (χ3v) is 2.59. The van der Waals surface area contributed by atoms with Crippen molar-refractivity contribution < 1.29 is 13.9 Å². The van der Waals surface area contributed by atoms with Crippen molar-refractivity contribution in [3.63, 3.8) is 0 Å². The molecule has 4 heteroatoms. The molecule has 0 aliphatic carbocycles. The number of hydrogen-bond acceptors (Lipinski definition) is 4. The van der Waals surface area contributed by atoms with Crippen LogP contribution >= 0.6 is 0 Å². The van der Waals surface area contributed by atoms with Crippen LogP contribution in [0.2, 0.25) is 0 Å². The van der Waals surface area contributed by atoms with Gasteiger partial charge in [0.2, 0.25) is 0 Å². The first kappa shape index (κ1) is 13.2. The lowest BCUT2D eigenvalue weighted by molar-refractivity contribution is -0.0143. The molecule has 1 rings (SSSR count). The highest BCUT2D eigenvalue weighted by Crippen LogP contribution is 2.14. The third-order valence-electron chi connectivity index (χ3n) is 2.59. The minimum atomic E-state index is -0.133. The molecule has 0 bridgehead atoms. The van der Waals surface area contributed by atoms with E-state index in [1.807, 2.05) is 19.9 Å². The molecule has 0 aromatic carbocycles. The smallest absolute Gasteiger partial charge is 0.129 e. The first-order valence-corrected chi connectivity index (χ1v) is 5.46. The van der Waals surface area contributed by atoms with Gasteiger partial charge in [-0.2, -0.15) is 0 Å². The topological polar surface area (TPSA) is 57.6 Å². The highest BCUT2D eigenvalue weighted by atomic mass is 16.5. The number of ether oxygens (including phenoxy) is 2. The fraction of sp³-hybridized carbons (Fsp3) is 0.667. The molecule has 4 nitrogen and oxygen atoms in total. The van der Waals surface area contributed by atoms with Gasteiger partial charge in [-0.1, -0.05) is 0 Å². The standard InChI is InChI=1S/C12H21NO3/c1-12(2,14-3)4-5-15-9-11-6-10(7-13)8-16-11/h6,8H,4-5,7,9,13H2,1-3H3. The maximum absolute atomic E-state index is 5.50. The van der Waals surface area contributed by atoms with E-state index in [9.17, 15) is 0 Å². The maximum atomic E-state index is 5.50. The molecular weight excluding hydrogens is 206 g/mol. The zero-order valence-corrected chi connectivity index (χ0v) is 10.3. The summed E-state index contributed by atoms with van der Waals surface area (Å²) in [7, 11) is 1.71. The van der Waals surface area contributed by atoms with Crippen LogP contribution in [-0.4, -0.2) is 19.3 Å². The Kier molecular flexibility index (Phi) is 4.99. The molecular formula is C12H21NO3. The molecule has 0 amide bonds. The summed E-state index contributed by atoms with van der Waals surface area (Å²) in [5, 5.41) is 0. The molecule has 0 saturated heterocycles. The van der Waals surface area contributed by atoms with Crippen LogP contribution < -0.4 is 5.73 Å². The van der Waals surface area contributed by atoms with Gasteiger partial charge in [0, 0.05) is 25.8 Å². The summed E-state index contributed by atoms with van der Waals surface area (Å²) in [6, 6.07) is 1.92. The average molecular weight is 227 g/mol. The Morgan fingerprint density at radius 1 is 1.44 bits per heavy atom. The molecule has 0 spiro atoms. The number of rotatable bonds is 7. The lowest BCUT2D eigenvalue weighted by Gasteiger charge is -2.22. The normalized spacial score (nSPS) is 12.0. The summed E-state index contributed by atoms with van der Waals surface area (Å²) in [4.78, 5) is 0. The van der Waals surface area contributed by atoms with Crippen molar-refractivity contribution in [2.75, 3.05) is 13.7 Å². The van der Waals surface area contributed by atoms with Crippen molar-refractivity contribution in [1.82, 2.24) is 0 Å². The first-order chi connectivity index (χ1) is 7.57. The van der Waals surface area contributed by atoms with Crippen molar-refractivity contribution in [2.24, 2.45) is 5.73 Å². The zero-order chi connectivity index (χ0) is 12.0. The number of methoxy groups -OCH3 is 1. The van der Waals surface area contributed by atoms with E-state index in [0.29, 0.717) is 19.8 Å². The van der Waals surface area contributed by atoms with E-state index in [4.69, 9.17) is 19.6 Å². The van der Waals surface area contributed by atoms with Crippen LogP contribution in [0.25, 0.3) is 0 Å². The van der Waals surface area contributed by atoms with Gasteiger partial charge in [-0.05, 0) is 26.3 Å². The largest absolute Gasteiger partial charge is 0.467 e. The Bertz CT molecular complexity index is 307. The predicted octanol–water partition coefficient (Wildman–Crippen LogP) is 2.07. The molecule has 92 valence electrons.